The highest BCUT2D eigenvalue weighted by molar-refractivity contribution is 6.07. The standard InChI is InChI=1S/C30H29NO4/c1-20-11-13-21(14-12-20)19-35-27-16-15-22(17-28(27)34-2)24-18-29(33)31(23-7-4-3-5-8-23)25-9-6-10-26(32)30(24)25/h3-5,7-8,11-17,24H,6,9-10,18-19H2,1-2H3. The molecule has 1 unspecified atom stereocenters. The number of Topliss-reactive ketones (excluding diaryl/α,β-unsaturated/α-hetero) is 1. The van der Waals surface area contributed by atoms with Crippen molar-refractivity contribution >= 4 is 17.4 Å². The molecule has 3 aromatic carbocycles. The Morgan fingerprint density at radius 1 is 0.914 bits per heavy atom. The van der Waals surface area contributed by atoms with Crippen molar-refractivity contribution in [1.29, 1.82) is 0 Å². The van der Waals surface area contributed by atoms with Crippen LogP contribution in [0.15, 0.2) is 84.1 Å². The van der Waals surface area contributed by atoms with Crippen molar-refractivity contribution in [3.63, 3.8) is 0 Å². The van der Waals surface area contributed by atoms with Crippen LogP contribution in [0.25, 0.3) is 0 Å². The molecule has 5 nitrogen and oxygen atoms in total. The van der Waals surface area contributed by atoms with Gasteiger partial charge in [-0.1, -0.05) is 54.1 Å². The molecule has 0 fully saturated rings. The molecule has 1 atom stereocenters. The van der Waals surface area contributed by atoms with Crippen molar-refractivity contribution in [2.75, 3.05) is 12.0 Å². The van der Waals surface area contributed by atoms with E-state index in [1.54, 1.807) is 12.0 Å². The fraction of sp³-hybridized carbons (Fsp3) is 0.267. The second-order valence-electron chi connectivity index (χ2n) is 9.14. The van der Waals surface area contributed by atoms with E-state index < -0.39 is 0 Å². The Labute approximate surface area is 206 Å². The zero-order valence-electron chi connectivity index (χ0n) is 20.1. The normalized spacial score (nSPS) is 17.9. The van der Waals surface area contributed by atoms with Crippen LogP contribution in [0.3, 0.4) is 0 Å². The van der Waals surface area contributed by atoms with Gasteiger partial charge < -0.3 is 9.47 Å². The lowest BCUT2D eigenvalue weighted by Crippen LogP contribution is -2.40. The summed E-state index contributed by atoms with van der Waals surface area (Å²) in [7, 11) is 1.61. The molecule has 1 aliphatic heterocycles. The molecule has 5 heteroatoms. The molecule has 0 bridgehead atoms. The SMILES string of the molecule is COc1cc(C2CC(=O)N(c3ccccc3)C3=C2C(=O)CCC3)ccc1OCc1ccc(C)cc1. The predicted molar refractivity (Wildman–Crippen MR) is 136 cm³/mol. The van der Waals surface area contributed by atoms with Gasteiger partial charge in [-0.3, -0.25) is 14.5 Å². The van der Waals surface area contributed by atoms with E-state index in [4.69, 9.17) is 9.47 Å². The topological polar surface area (TPSA) is 55.8 Å². The fourth-order valence-corrected chi connectivity index (χ4v) is 5.02. The van der Waals surface area contributed by atoms with Crippen LogP contribution in [-0.4, -0.2) is 18.8 Å². The predicted octanol–water partition coefficient (Wildman–Crippen LogP) is 6.11. The van der Waals surface area contributed by atoms with Crippen LogP contribution in [-0.2, 0) is 16.2 Å². The summed E-state index contributed by atoms with van der Waals surface area (Å²) in [5, 5.41) is 0. The van der Waals surface area contributed by atoms with Gasteiger partial charge in [0.1, 0.15) is 6.61 Å². The maximum Gasteiger partial charge on any atom is 0.232 e. The number of hydrogen-bond donors (Lipinski definition) is 0. The number of ketones is 1. The number of anilines is 1. The lowest BCUT2D eigenvalue weighted by atomic mass is 9.77. The molecule has 1 heterocycles. The molecule has 3 aromatic rings. The molecule has 1 amide bonds. The van der Waals surface area contributed by atoms with Gasteiger partial charge in [0, 0.05) is 35.7 Å². The summed E-state index contributed by atoms with van der Waals surface area (Å²) in [6.45, 7) is 2.48. The second-order valence-corrected chi connectivity index (χ2v) is 9.14. The molecular formula is C30H29NO4. The summed E-state index contributed by atoms with van der Waals surface area (Å²) >= 11 is 0. The number of hydrogen-bond acceptors (Lipinski definition) is 4. The first kappa shape index (κ1) is 22.9. The second kappa shape index (κ2) is 9.79. The summed E-state index contributed by atoms with van der Waals surface area (Å²) < 4.78 is 11.7. The van der Waals surface area contributed by atoms with Gasteiger partial charge in [0.15, 0.2) is 17.3 Å². The summed E-state index contributed by atoms with van der Waals surface area (Å²) in [6, 6.07) is 23.6. The largest absolute Gasteiger partial charge is 0.493 e. The quantitative estimate of drug-likeness (QED) is 0.439. The van der Waals surface area contributed by atoms with Gasteiger partial charge in [0.25, 0.3) is 0 Å². The fourth-order valence-electron chi connectivity index (χ4n) is 5.02. The van der Waals surface area contributed by atoms with E-state index >= 15 is 0 Å². The van der Waals surface area contributed by atoms with Crippen LogP contribution in [0.2, 0.25) is 0 Å². The van der Waals surface area contributed by atoms with E-state index in [9.17, 15) is 9.59 Å². The Hall–Kier alpha value is -3.86. The molecular weight excluding hydrogens is 438 g/mol. The number of rotatable bonds is 6. The third kappa shape index (κ3) is 4.59. The Morgan fingerprint density at radius 2 is 1.69 bits per heavy atom. The number of carbonyl (C=O) groups excluding carboxylic acids is 2. The van der Waals surface area contributed by atoms with Gasteiger partial charge in [-0.15, -0.1) is 0 Å². The summed E-state index contributed by atoms with van der Waals surface area (Å²) in [5.41, 5.74) is 5.59. The van der Waals surface area contributed by atoms with E-state index in [0.717, 1.165) is 34.5 Å². The van der Waals surface area contributed by atoms with E-state index in [2.05, 4.69) is 19.1 Å². The highest BCUT2D eigenvalue weighted by Gasteiger charge is 2.39. The Bertz CT molecular complexity index is 1280. The van der Waals surface area contributed by atoms with Crippen LogP contribution >= 0.6 is 0 Å². The lowest BCUT2D eigenvalue weighted by molar-refractivity contribution is -0.119. The van der Waals surface area contributed by atoms with Crippen LogP contribution in [0.5, 0.6) is 11.5 Å². The van der Waals surface area contributed by atoms with Crippen molar-refractivity contribution in [3.05, 3.63) is 101 Å². The van der Waals surface area contributed by atoms with E-state index in [1.807, 2.05) is 60.7 Å². The average Bonchev–Trinajstić information content (AvgIpc) is 2.88. The number of carbonyl (C=O) groups is 2. The molecule has 0 saturated heterocycles. The average molecular weight is 468 g/mol. The minimum Gasteiger partial charge on any atom is -0.493 e. The first-order chi connectivity index (χ1) is 17.0. The Morgan fingerprint density at radius 3 is 2.43 bits per heavy atom. The third-order valence-electron chi connectivity index (χ3n) is 6.79. The van der Waals surface area contributed by atoms with E-state index in [1.165, 1.54) is 5.56 Å². The zero-order chi connectivity index (χ0) is 24.4. The molecule has 0 aromatic heterocycles. The van der Waals surface area contributed by atoms with Crippen molar-refractivity contribution in [2.24, 2.45) is 0 Å². The first-order valence-electron chi connectivity index (χ1n) is 12.1. The molecule has 1 aliphatic carbocycles. The van der Waals surface area contributed by atoms with Crippen LogP contribution in [0.4, 0.5) is 5.69 Å². The molecule has 0 N–H and O–H groups in total. The van der Waals surface area contributed by atoms with Gasteiger partial charge in [-0.2, -0.15) is 0 Å². The smallest absolute Gasteiger partial charge is 0.232 e. The first-order valence-corrected chi connectivity index (χ1v) is 12.1. The monoisotopic (exact) mass is 467 g/mol. The lowest BCUT2D eigenvalue weighted by Gasteiger charge is -2.38. The number of benzene rings is 3. The van der Waals surface area contributed by atoms with Gasteiger partial charge in [0.05, 0.1) is 7.11 Å². The van der Waals surface area contributed by atoms with E-state index in [0.29, 0.717) is 30.9 Å². The Kier molecular flexibility index (Phi) is 6.41. The highest BCUT2D eigenvalue weighted by atomic mass is 16.5. The molecule has 178 valence electrons. The van der Waals surface area contributed by atoms with Crippen LogP contribution in [0.1, 0.15) is 48.3 Å². The van der Waals surface area contributed by atoms with E-state index in [-0.39, 0.29) is 24.0 Å². The minimum atomic E-state index is -0.287. The highest BCUT2D eigenvalue weighted by Crippen LogP contribution is 2.44. The Balaban J connectivity index is 1.47. The number of amides is 1. The summed E-state index contributed by atoms with van der Waals surface area (Å²) in [4.78, 5) is 28.3. The molecule has 35 heavy (non-hydrogen) atoms. The van der Waals surface area contributed by atoms with Crippen molar-refractivity contribution < 1.29 is 19.1 Å². The number of nitrogens with zero attached hydrogens (tertiary/aromatic N) is 1. The molecule has 0 saturated carbocycles. The van der Waals surface area contributed by atoms with Crippen molar-refractivity contribution in [1.82, 2.24) is 0 Å². The zero-order valence-corrected chi connectivity index (χ0v) is 20.1. The van der Waals surface area contributed by atoms with Gasteiger partial charge >= 0.3 is 0 Å². The number of ether oxygens (including phenoxy) is 2. The molecule has 2 aliphatic rings. The number of aryl methyl sites for hydroxylation is 1. The van der Waals surface area contributed by atoms with Crippen LogP contribution < -0.4 is 14.4 Å². The molecule has 5 rings (SSSR count). The number of allylic oxidation sites excluding steroid dienone is 2. The van der Waals surface area contributed by atoms with Crippen molar-refractivity contribution in [3.8, 4) is 11.5 Å². The number of para-hydroxylation sites is 1. The maximum absolute atomic E-state index is 13.4. The third-order valence-corrected chi connectivity index (χ3v) is 6.79. The van der Waals surface area contributed by atoms with Crippen molar-refractivity contribution in [2.45, 2.75) is 45.1 Å². The van der Waals surface area contributed by atoms with Crippen LogP contribution in [0, 0.1) is 6.92 Å². The molecule has 0 radical (unpaired) electrons. The maximum atomic E-state index is 13.4. The minimum absolute atomic E-state index is 0.00770. The van der Waals surface area contributed by atoms with Gasteiger partial charge in [-0.25, -0.2) is 0 Å². The van der Waals surface area contributed by atoms with Gasteiger partial charge in [0.2, 0.25) is 5.91 Å². The summed E-state index contributed by atoms with van der Waals surface area (Å²) in [5.74, 6) is 1.08. The number of methoxy groups -OCH3 is 1. The summed E-state index contributed by atoms with van der Waals surface area (Å²) in [6.07, 6.45) is 2.23. The molecule has 0 spiro atoms. The van der Waals surface area contributed by atoms with Gasteiger partial charge in [-0.05, 0) is 55.2 Å².